The van der Waals surface area contributed by atoms with Gasteiger partial charge in [0.05, 0.1) is 0 Å². The fraction of sp³-hybridized carbons (Fsp3) is 0.939. The summed E-state index contributed by atoms with van der Waals surface area (Å²) < 4.78 is 11.1. The van der Waals surface area contributed by atoms with Crippen LogP contribution < -0.4 is 5.32 Å². The third-order valence-electron chi connectivity index (χ3n) is 7.14. The van der Waals surface area contributed by atoms with Crippen LogP contribution in [0.2, 0.25) is 0 Å². The molecule has 0 aromatic rings. The Morgan fingerprint density at radius 1 is 0.692 bits per heavy atom. The standard InChI is InChI=1S/C33H66N2O4/c1-7-10-12-14-16-19-24-30(9-3)38-31(36)25-20-18-22-28-35(27-21-17-15-13-11-8-2)29-23-26-34-32(37)39-33(4,5)6/h30H,7-29H2,1-6H3,(H,34,37). The van der Waals surface area contributed by atoms with Gasteiger partial charge in [-0.3, -0.25) is 4.79 Å². The lowest BCUT2D eigenvalue weighted by atomic mass is 10.1. The number of carbonyl (C=O) groups is 2. The number of unbranched alkanes of at least 4 members (excludes halogenated alkanes) is 12. The highest BCUT2D eigenvalue weighted by Crippen LogP contribution is 2.14. The van der Waals surface area contributed by atoms with Crippen LogP contribution >= 0.6 is 0 Å². The predicted molar refractivity (Wildman–Crippen MR) is 165 cm³/mol. The average molecular weight is 555 g/mol. The summed E-state index contributed by atoms with van der Waals surface area (Å²) in [6, 6.07) is 0. The summed E-state index contributed by atoms with van der Waals surface area (Å²) in [6.45, 7) is 16.0. The molecular formula is C33H66N2O4. The Labute approximate surface area is 242 Å². The van der Waals surface area contributed by atoms with Crippen molar-refractivity contribution in [3.8, 4) is 0 Å². The van der Waals surface area contributed by atoms with Crippen molar-refractivity contribution in [2.24, 2.45) is 0 Å². The van der Waals surface area contributed by atoms with E-state index >= 15 is 0 Å². The van der Waals surface area contributed by atoms with Crippen molar-refractivity contribution in [1.29, 1.82) is 0 Å². The average Bonchev–Trinajstić information content (AvgIpc) is 2.88. The van der Waals surface area contributed by atoms with Crippen molar-refractivity contribution in [1.82, 2.24) is 10.2 Å². The molecule has 232 valence electrons. The Morgan fingerprint density at radius 3 is 1.77 bits per heavy atom. The SMILES string of the molecule is CCCCCCCCC(CC)OC(=O)CCCCCN(CCCCCCCC)CCCNC(=O)OC(C)(C)C. The molecule has 39 heavy (non-hydrogen) atoms. The normalized spacial score (nSPS) is 12.5. The molecule has 1 amide bonds. The topological polar surface area (TPSA) is 67.9 Å². The van der Waals surface area contributed by atoms with Crippen LogP contribution in [0.4, 0.5) is 4.79 Å². The van der Waals surface area contributed by atoms with Gasteiger partial charge in [0.25, 0.3) is 0 Å². The zero-order chi connectivity index (χ0) is 29.2. The molecule has 0 aliphatic heterocycles. The zero-order valence-electron chi connectivity index (χ0n) is 26.9. The van der Waals surface area contributed by atoms with Gasteiger partial charge in [-0.1, -0.05) is 91.4 Å². The summed E-state index contributed by atoms with van der Waals surface area (Å²) in [7, 11) is 0. The van der Waals surface area contributed by atoms with Gasteiger partial charge in [0.1, 0.15) is 11.7 Å². The summed E-state index contributed by atoms with van der Waals surface area (Å²) in [4.78, 5) is 26.8. The van der Waals surface area contributed by atoms with Gasteiger partial charge in [-0.15, -0.1) is 0 Å². The van der Waals surface area contributed by atoms with E-state index in [1.807, 2.05) is 20.8 Å². The van der Waals surface area contributed by atoms with Crippen LogP contribution in [0.3, 0.4) is 0 Å². The minimum atomic E-state index is -0.467. The van der Waals surface area contributed by atoms with Gasteiger partial charge < -0.3 is 19.7 Å². The number of hydrogen-bond donors (Lipinski definition) is 1. The van der Waals surface area contributed by atoms with Crippen LogP contribution in [-0.2, 0) is 14.3 Å². The molecule has 0 spiro atoms. The molecule has 0 aromatic carbocycles. The van der Waals surface area contributed by atoms with Crippen LogP contribution in [0.1, 0.15) is 164 Å². The zero-order valence-corrected chi connectivity index (χ0v) is 26.9. The van der Waals surface area contributed by atoms with Crippen molar-refractivity contribution < 1.29 is 19.1 Å². The highest BCUT2D eigenvalue weighted by molar-refractivity contribution is 5.69. The molecule has 1 N–H and O–H groups in total. The van der Waals surface area contributed by atoms with Crippen molar-refractivity contribution in [2.75, 3.05) is 26.2 Å². The van der Waals surface area contributed by atoms with Gasteiger partial charge in [0, 0.05) is 13.0 Å². The third-order valence-corrected chi connectivity index (χ3v) is 7.14. The Hall–Kier alpha value is -1.30. The Morgan fingerprint density at radius 2 is 1.21 bits per heavy atom. The van der Waals surface area contributed by atoms with Crippen LogP contribution in [0, 0.1) is 0 Å². The van der Waals surface area contributed by atoms with E-state index in [0.29, 0.717) is 13.0 Å². The molecule has 0 bridgehead atoms. The molecule has 0 aliphatic rings. The first kappa shape index (κ1) is 37.7. The lowest BCUT2D eigenvalue weighted by Gasteiger charge is -2.23. The molecule has 0 aliphatic carbocycles. The fourth-order valence-corrected chi connectivity index (χ4v) is 4.78. The molecule has 0 fully saturated rings. The smallest absolute Gasteiger partial charge is 0.407 e. The fourth-order valence-electron chi connectivity index (χ4n) is 4.78. The highest BCUT2D eigenvalue weighted by Gasteiger charge is 2.16. The summed E-state index contributed by atoms with van der Waals surface area (Å²) in [6.07, 6.45) is 21.6. The number of esters is 1. The molecule has 0 aromatic heterocycles. The van der Waals surface area contributed by atoms with Crippen molar-refractivity contribution in [2.45, 2.75) is 175 Å². The van der Waals surface area contributed by atoms with Gasteiger partial charge in [-0.05, 0) is 85.4 Å². The second-order valence-corrected chi connectivity index (χ2v) is 12.3. The molecule has 6 nitrogen and oxygen atoms in total. The van der Waals surface area contributed by atoms with Gasteiger partial charge in [0.15, 0.2) is 0 Å². The lowest BCUT2D eigenvalue weighted by Crippen LogP contribution is -2.35. The molecule has 1 unspecified atom stereocenters. The molecule has 0 saturated carbocycles. The monoisotopic (exact) mass is 555 g/mol. The molecule has 0 heterocycles. The van der Waals surface area contributed by atoms with Gasteiger partial charge in [-0.2, -0.15) is 0 Å². The van der Waals surface area contributed by atoms with Crippen LogP contribution in [-0.4, -0.2) is 54.8 Å². The first-order chi connectivity index (χ1) is 18.7. The van der Waals surface area contributed by atoms with E-state index in [9.17, 15) is 9.59 Å². The van der Waals surface area contributed by atoms with Crippen LogP contribution in [0.5, 0.6) is 0 Å². The van der Waals surface area contributed by atoms with Crippen LogP contribution in [0.15, 0.2) is 0 Å². The summed E-state index contributed by atoms with van der Waals surface area (Å²) in [5, 5.41) is 2.88. The summed E-state index contributed by atoms with van der Waals surface area (Å²) in [5.41, 5.74) is -0.467. The number of rotatable bonds is 26. The second-order valence-electron chi connectivity index (χ2n) is 12.3. The van der Waals surface area contributed by atoms with E-state index in [1.165, 1.54) is 70.6 Å². The third kappa shape index (κ3) is 26.7. The number of nitrogens with one attached hydrogen (secondary N) is 1. The van der Waals surface area contributed by atoms with Crippen molar-refractivity contribution >= 4 is 12.1 Å². The summed E-state index contributed by atoms with van der Waals surface area (Å²) in [5.74, 6) is -0.0232. The quantitative estimate of drug-likeness (QED) is 0.0852. The van der Waals surface area contributed by atoms with Gasteiger partial charge >= 0.3 is 12.1 Å². The van der Waals surface area contributed by atoms with Crippen LogP contribution in [0.25, 0.3) is 0 Å². The predicted octanol–water partition coefficient (Wildman–Crippen LogP) is 9.20. The minimum Gasteiger partial charge on any atom is -0.462 e. The van der Waals surface area contributed by atoms with E-state index in [0.717, 1.165) is 64.6 Å². The molecule has 0 rings (SSSR count). The maximum absolute atomic E-state index is 12.4. The van der Waals surface area contributed by atoms with E-state index in [4.69, 9.17) is 9.47 Å². The van der Waals surface area contributed by atoms with E-state index in [2.05, 4.69) is 31.0 Å². The minimum absolute atomic E-state index is 0.0232. The Balaban J connectivity index is 4.22. The van der Waals surface area contributed by atoms with E-state index in [1.54, 1.807) is 0 Å². The Bertz CT molecular complexity index is 577. The summed E-state index contributed by atoms with van der Waals surface area (Å²) >= 11 is 0. The largest absolute Gasteiger partial charge is 0.462 e. The number of ether oxygens (including phenoxy) is 2. The first-order valence-corrected chi connectivity index (χ1v) is 16.6. The maximum Gasteiger partial charge on any atom is 0.407 e. The number of alkyl carbamates (subject to hydrolysis) is 1. The first-order valence-electron chi connectivity index (χ1n) is 16.6. The van der Waals surface area contributed by atoms with E-state index in [-0.39, 0.29) is 18.2 Å². The van der Waals surface area contributed by atoms with Crippen molar-refractivity contribution in [3.63, 3.8) is 0 Å². The molecule has 1 atom stereocenters. The number of hydrogen-bond acceptors (Lipinski definition) is 5. The highest BCUT2D eigenvalue weighted by atomic mass is 16.6. The van der Waals surface area contributed by atoms with E-state index < -0.39 is 5.60 Å². The van der Waals surface area contributed by atoms with Gasteiger partial charge in [0.2, 0.25) is 0 Å². The molecular weight excluding hydrogens is 488 g/mol. The van der Waals surface area contributed by atoms with Gasteiger partial charge in [-0.25, -0.2) is 4.79 Å². The molecule has 0 saturated heterocycles. The number of amides is 1. The molecule has 6 heteroatoms. The lowest BCUT2D eigenvalue weighted by molar-refractivity contribution is -0.149. The number of carbonyl (C=O) groups excluding carboxylic acids is 2. The van der Waals surface area contributed by atoms with Crippen molar-refractivity contribution in [3.05, 3.63) is 0 Å². The molecule has 0 radical (unpaired) electrons. The Kier molecular flexibility index (Phi) is 24.8. The maximum atomic E-state index is 12.4. The second kappa shape index (κ2) is 25.7. The number of nitrogens with zero attached hydrogens (tertiary/aromatic N) is 1.